The van der Waals surface area contributed by atoms with Crippen LogP contribution in [0.1, 0.15) is 15.9 Å². The molecule has 0 saturated heterocycles. The number of benzene rings is 1. The summed E-state index contributed by atoms with van der Waals surface area (Å²) in [4.78, 5) is 11.6. The van der Waals surface area contributed by atoms with Crippen molar-refractivity contribution in [2.24, 2.45) is 0 Å². The molecule has 0 amide bonds. The van der Waals surface area contributed by atoms with Gasteiger partial charge in [-0.2, -0.15) is 0 Å². The molecule has 14 heavy (non-hydrogen) atoms. The summed E-state index contributed by atoms with van der Waals surface area (Å²) in [5.41, 5.74) is 1.70. The molecule has 2 aliphatic rings. The first-order chi connectivity index (χ1) is 6.86. The van der Waals surface area contributed by atoms with E-state index >= 15 is 0 Å². The maximum atomic E-state index is 11.6. The largest absolute Gasteiger partial charge is 0.458 e. The Bertz CT molecular complexity index is 565. The molecular weight excluding hydrogens is 176 g/mol. The van der Waals surface area contributed by atoms with Crippen LogP contribution in [0.15, 0.2) is 18.2 Å². The van der Waals surface area contributed by atoms with Crippen molar-refractivity contribution in [1.82, 2.24) is 0 Å². The molecule has 0 saturated carbocycles. The van der Waals surface area contributed by atoms with E-state index in [1.807, 2.05) is 36.4 Å². The Kier molecular flexibility index (Phi) is 1.39. The van der Waals surface area contributed by atoms with Crippen molar-refractivity contribution < 1.29 is 9.53 Å². The number of hydrogen-bond donors (Lipinski definition) is 0. The first kappa shape index (κ1) is 7.56. The molecule has 0 N–H and O–H groups in total. The second-order valence-corrected chi connectivity index (χ2v) is 3.36. The number of allylic oxidation sites excluding steroid dienone is 1. The minimum absolute atomic E-state index is 0.209. The normalized spacial score (nSPS) is 16.4. The van der Waals surface area contributed by atoms with Crippen molar-refractivity contribution in [3.8, 4) is 0 Å². The van der Waals surface area contributed by atoms with Crippen LogP contribution >= 0.6 is 0 Å². The van der Waals surface area contributed by atoms with Gasteiger partial charge in [0.05, 0.1) is 5.56 Å². The van der Waals surface area contributed by atoms with Gasteiger partial charge in [0.2, 0.25) is 0 Å². The fourth-order valence-electron chi connectivity index (χ4n) is 1.90. The summed E-state index contributed by atoms with van der Waals surface area (Å²) in [6.07, 6.45) is 7.84. The predicted molar refractivity (Wildman–Crippen MR) is 53.9 cm³/mol. The standard InChI is InChI=1S/C12H8O2/c13-12-11-9(6-7-14-12)5-4-8-2-1-3-10(8)11/h1-6H,7H2. The topological polar surface area (TPSA) is 26.3 Å². The summed E-state index contributed by atoms with van der Waals surface area (Å²) in [5, 5.41) is 2.08. The number of hydrogen-bond acceptors (Lipinski definition) is 2. The van der Waals surface area contributed by atoms with Gasteiger partial charge >= 0.3 is 5.97 Å². The van der Waals surface area contributed by atoms with Crippen LogP contribution < -0.4 is 10.4 Å². The second kappa shape index (κ2) is 2.58. The van der Waals surface area contributed by atoms with Crippen molar-refractivity contribution in [2.75, 3.05) is 6.61 Å². The Morgan fingerprint density at radius 2 is 2.07 bits per heavy atom. The average molecular weight is 184 g/mol. The minimum Gasteiger partial charge on any atom is -0.458 e. The highest BCUT2D eigenvalue weighted by Gasteiger charge is 2.17. The molecule has 2 nitrogen and oxygen atoms in total. The Labute approximate surface area is 80.8 Å². The number of rotatable bonds is 0. The lowest BCUT2D eigenvalue weighted by Crippen LogP contribution is -2.28. The second-order valence-electron chi connectivity index (χ2n) is 3.36. The number of ether oxygens (including phenoxy) is 1. The first-order valence-electron chi connectivity index (χ1n) is 4.55. The highest BCUT2D eigenvalue weighted by atomic mass is 16.5. The third kappa shape index (κ3) is 0.880. The molecule has 1 aliphatic carbocycles. The first-order valence-corrected chi connectivity index (χ1v) is 4.55. The summed E-state index contributed by atoms with van der Waals surface area (Å²) in [6, 6.07) is 4.00. The molecule has 1 heterocycles. The fraction of sp³-hybridized carbons (Fsp3) is 0.0833. The fourth-order valence-corrected chi connectivity index (χ4v) is 1.90. The molecule has 0 radical (unpaired) electrons. The molecule has 0 atom stereocenters. The Hall–Kier alpha value is -1.83. The third-order valence-corrected chi connectivity index (χ3v) is 2.57. The van der Waals surface area contributed by atoms with E-state index in [1.165, 1.54) is 0 Å². The summed E-state index contributed by atoms with van der Waals surface area (Å²) in [6.45, 7) is 0.387. The monoisotopic (exact) mass is 184 g/mol. The molecule has 0 bridgehead atoms. The molecule has 0 spiro atoms. The molecule has 1 aromatic rings. The van der Waals surface area contributed by atoms with E-state index in [0.29, 0.717) is 12.2 Å². The van der Waals surface area contributed by atoms with Gasteiger partial charge in [0.15, 0.2) is 0 Å². The number of esters is 1. The molecule has 0 aromatic heterocycles. The van der Waals surface area contributed by atoms with Crippen LogP contribution in [0.4, 0.5) is 0 Å². The number of carbonyl (C=O) groups is 1. The van der Waals surface area contributed by atoms with Crippen LogP contribution in [0.2, 0.25) is 0 Å². The molecule has 1 aromatic carbocycles. The number of cyclic esters (lactones) is 1. The average Bonchev–Trinajstić information content (AvgIpc) is 2.65. The highest BCUT2D eigenvalue weighted by Crippen LogP contribution is 2.10. The summed E-state index contributed by atoms with van der Waals surface area (Å²) >= 11 is 0. The van der Waals surface area contributed by atoms with E-state index in [9.17, 15) is 4.79 Å². The molecular formula is C12H8O2. The Morgan fingerprint density at radius 3 is 3.00 bits per heavy atom. The van der Waals surface area contributed by atoms with Crippen LogP contribution in [0.25, 0.3) is 18.2 Å². The summed E-state index contributed by atoms with van der Waals surface area (Å²) in [7, 11) is 0. The minimum atomic E-state index is -0.209. The van der Waals surface area contributed by atoms with Gasteiger partial charge in [-0.1, -0.05) is 30.4 Å². The lowest BCUT2D eigenvalue weighted by molar-refractivity contribution is 0.0549. The zero-order valence-electron chi connectivity index (χ0n) is 7.49. The van der Waals surface area contributed by atoms with Crippen molar-refractivity contribution in [2.45, 2.75) is 0 Å². The predicted octanol–water partition coefficient (Wildman–Crippen LogP) is 0.445. The molecule has 0 unspecified atom stereocenters. The highest BCUT2D eigenvalue weighted by molar-refractivity contribution is 5.96. The maximum absolute atomic E-state index is 11.6. The number of fused-ring (bicyclic) bond motifs is 3. The molecule has 1 aliphatic heterocycles. The van der Waals surface area contributed by atoms with Gasteiger partial charge < -0.3 is 4.74 Å². The van der Waals surface area contributed by atoms with Gasteiger partial charge in [0, 0.05) is 0 Å². The zero-order chi connectivity index (χ0) is 9.54. The van der Waals surface area contributed by atoms with E-state index in [2.05, 4.69) is 0 Å². The Balaban J connectivity index is 2.48. The van der Waals surface area contributed by atoms with Crippen molar-refractivity contribution >= 4 is 24.2 Å². The lowest BCUT2D eigenvalue weighted by Gasteiger charge is -2.11. The van der Waals surface area contributed by atoms with E-state index in [1.54, 1.807) is 0 Å². The quantitative estimate of drug-likeness (QED) is 0.547. The summed E-state index contributed by atoms with van der Waals surface area (Å²) in [5.74, 6) is -0.209. The lowest BCUT2D eigenvalue weighted by atomic mass is 10.0. The smallest absolute Gasteiger partial charge is 0.339 e. The SMILES string of the molecule is O=C1OCC=c2ccc3c(c21)C=CC=3. The van der Waals surface area contributed by atoms with Crippen LogP contribution in [-0.2, 0) is 4.74 Å². The van der Waals surface area contributed by atoms with E-state index in [4.69, 9.17) is 4.74 Å². The number of carbonyl (C=O) groups excluding carboxylic acids is 1. The van der Waals surface area contributed by atoms with E-state index < -0.39 is 0 Å². The molecule has 68 valence electrons. The van der Waals surface area contributed by atoms with Gasteiger partial charge in [0.1, 0.15) is 6.61 Å². The van der Waals surface area contributed by atoms with Crippen LogP contribution in [-0.4, -0.2) is 12.6 Å². The van der Waals surface area contributed by atoms with Gasteiger partial charge in [-0.25, -0.2) is 4.79 Å². The van der Waals surface area contributed by atoms with Crippen molar-refractivity contribution in [3.05, 3.63) is 39.8 Å². The summed E-state index contributed by atoms with van der Waals surface area (Å²) < 4.78 is 4.99. The van der Waals surface area contributed by atoms with Crippen LogP contribution in [0, 0.1) is 0 Å². The zero-order valence-corrected chi connectivity index (χ0v) is 7.49. The molecule has 3 rings (SSSR count). The molecule has 0 fully saturated rings. The third-order valence-electron chi connectivity index (χ3n) is 2.57. The van der Waals surface area contributed by atoms with E-state index in [-0.39, 0.29) is 5.97 Å². The van der Waals surface area contributed by atoms with Crippen molar-refractivity contribution in [3.63, 3.8) is 0 Å². The van der Waals surface area contributed by atoms with Crippen LogP contribution in [0.3, 0.4) is 0 Å². The van der Waals surface area contributed by atoms with Gasteiger partial charge in [-0.15, -0.1) is 0 Å². The van der Waals surface area contributed by atoms with E-state index in [0.717, 1.165) is 16.0 Å². The maximum Gasteiger partial charge on any atom is 0.339 e. The Morgan fingerprint density at radius 1 is 1.21 bits per heavy atom. The van der Waals surface area contributed by atoms with Crippen molar-refractivity contribution in [1.29, 1.82) is 0 Å². The van der Waals surface area contributed by atoms with Gasteiger partial charge in [-0.05, 0) is 22.1 Å². The molecule has 2 heteroatoms. The van der Waals surface area contributed by atoms with Gasteiger partial charge in [-0.3, -0.25) is 0 Å². The van der Waals surface area contributed by atoms with Gasteiger partial charge in [0.25, 0.3) is 0 Å². The van der Waals surface area contributed by atoms with Crippen LogP contribution in [0.5, 0.6) is 0 Å².